The fraction of sp³-hybridized carbons (Fsp3) is 0.500. The minimum atomic E-state index is 0. The maximum atomic E-state index is 13.0. The van der Waals surface area contributed by atoms with Crippen LogP contribution < -0.4 is 5.73 Å². The number of hydrogen-bond acceptors (Lipinski definition) is 6. The molecule has 0 bridgehead atoms. The topological polar surface area (TPSA) is 85.2 Å². The summed E-state index contributed by atoms with van der Waals surface area (Å²) in [6.07, 6.45) is 3.80. The molecule has 3 rings (SSSR count). The summed E-state index contributed by atoms with van der Waals surface area (Å²) in [5.74, 6) is 1.81. The molecule has 1 amide bonds. The molecular weight excluding hydrogens is 407 g/mol. The Balaban J connectivity index is 0.00000182. The lowest BCUT2D eigenvalue weighted by atomic mass is 9.92. The summed E-state index contributed by atoms with van der Waals surface area (Å²) >= 11 is 1.51. The van der Waals surface area contributed by atoms with Crippen molar-refractivity contribution in [1.82, 2.24) is 15.0 Å². The van der Waals surface area contributed by atoms with Crippen LogP contribution in [0.3, 0.4) is 0 Å². The lowest BCUT2D eigenvalue weighted by Crippen LogP contribution is -2.45. The van der Waals surface area contributed by atoms with Crippen molar-refractivity contribution in [2.45, 2.75) is 43.5 Å². The standard InChI is InChI=1S/C18H24N4O2S.2ClH/c1-12-9-15(21-24-12)11-25-17-16(6-3-7-20-17)18(23)22-8-4-5-14(10-22)13(2)19;;/h3,6-7,9,13-14H,4-5,8,10-11,19H2,1-2H3;2*1H. The minimum absolute atomic E-state index is 0. The van der Waals surface area contributed by atoms with E-state index in [-0.39, 0.29) is 36.8 Å². The minimum Gasteiger partial charge on any atom is -0.361 e. The molecule has 2 atom stereocenters. The van der Waals surface area contributed by atoms with Gasteiger partial charge in [-0.3, -0.25) is 4.79 Å². The molecule has 2 aromatic heterocycles. The number of carbonyl (C=O) groups excluding carboxylic acids is 1. The lowest BCUT2D eigenvalue weighted by molar-refractivity contribution is 0.0656. The number of nitrogens with zero attached hydrogens (tertiary/aromatic N) is 3. The molecule has 0 radical (unpaired) electrons. The maximum absolute atomic E-state index is 13.0. The van der Waals surface area contributed by atoms with E-state index >= 15 is 0 Å². The van der Waals surface area contributed by atoms with Crippen LogP contribution in [0, 0.1) is 12.8 Å². The predicted molar refractivity (Wildman–Crippen MR) is 112 cm³/mol. The van der Waals surface area contributed by atoms with Gasteiger partial charge in [0.1, 0.15) is 10.8 Å². The number of aromatic nitrogens is 2. The number of amides is 1. The average molecular weight is 433 g/mol. The first kappa shape index (κ1) is 23.8. The van der Waals surface area contributed by atoms with E-state index in [0.29, 0.717) is 17.2 Å². The zero-order valence-corrected chi connectivity index (χ0v) is 17.9. The number of piperidine rings is 1. The molecule has 27 heavy (non-hydrogen) atoms. The molecule has 9 heteroatoms. The van der Waals surface area contributed by atoms with Crippen LogP contribution in [0.5, 0.6) is 0 Å². The van der Waals surface area contributed by atoms with E-state index in [9.17, 15) is 4.79 Å². The molecule has 2 unspecified atom stereocenters. The lowest BCUT2D eigenvalue weighted by Gasteiger charge is -2.34. The summed E-state index contributed by atoms with van der Waals surface area (Å²) in [4.78, 5) is 19.3. The zero-order chi connectivity index (χ0) is 17.8. The number of pyridine rings is 1. The third-order valence-electron chi connectivity index (χ3n) is 4.52. The van der Waals surface area contributed by atoms with E-state index in [1.54, 1.807) is 6.20 Å². The summed E-state index contributed by atoms with van der Waals surface area (Å²) < 4.78 is 5.09. The Morgan fingerprint density at radius 2 is 2.26 bits per heavy atom. The molecule has 2 N–H and O–H groups in total. The van der Waals surface area contributed by atoms with Crippen molar-refractivity contribution in [3.63, 3.8) is 0 Å². The van der Waals surface area contributed by atoms with Crippen molar-refractivity contribution in [2.24, 2.45) is 11.7 Å². The van der Waals surface area contributed by atoms with Crippen molar-refractivity contribution in [2.75, 3.05) is 13.1 Å². The summed E-state index contributed by atoms with van der Waals surface area (Å²) in [6, 6.07) is 5.66. The fourth-order valence-corrected chi connectivity index (χ4v) is 3.96. The van der Waals surface area contributed by atoms with Crippen LogP contribution in [0.15, 0.2) is 33.9 Å². The Hall–Kier alpha value is -1.28. The van der Waals surface area contributed by atoms with Gasteiger partial charge in [-0.15, -0.1) is 24.8 Å². The van der Waals surface area contributed by atoms with Crippen molar-refractivity contribution in [1.29, 1.82) is 0 Å². The van der Waals surface area contributed by atoms with Gasteiger partial charge in [-0.2, -0.15) is 0 Å². The van der Waals surface area contributed by atoms with Crippen LogP contribution in [0.25, 0.3) is 0 Å². The van der Waals surface area contributed by atoms with Crippen LogP contribution in [0.2, 0.25) is 0 Å². The van der Waals surface area contributed by atoms with Crippen molar-refractivity contribution < 1.29 is 9.32 Å². The quantitative estimate of drug-likeness (QED) is 0.724. The SMILES string of the molecule is Cc1cc(CSc2ncccc2C(=O)N2CCCC(C(C)N)C2)no1.Cl.Cl. The van der Waals surface area contributed by atoms with Gasteiger partial charge < -0.3 is 15.2 Å². The number of halogens is 2. The van der Waals surface area contributed by atoms with Gasteiger partial charge >= 0.3 is 0 Å². The smallest absolute Gasteiger partial charge is 0.256 e. The highest BCUT2D eigenvalue weighted by atomic mass is 35.5. The number of nitrogens with two attached hydrogens (primary N) is 1. The second-order valence-electron chi connectivity index (χ2n) is 6.59. The number of thioether (sulfide) groups is 1. The molecule has 1 aliphatic heterocycles. The molecule has 0 aromatic carbocycles. The molecule has 3 heterocycles. The Morgan fingerprint density at radius 1 is 1.48 bits per heavy atom. The molecule has 1 fully saturated rings. The molecule has 0 saturated carbocycles. The predicted octanol–water partition coefficient (Wildman–Crippen LogP) is 3.71. The maximum Gasteiger partial charge on any atom is 0.256 e. The van der Waals surface area contributed by atoms with E-state index in [0.717, 1.165) is 42.4 Å². The first-order chi connectivity index (χ1) is 12.0. The first-order valence-corrected chi connectivity index (χ1v) is 9.58. The monoisotopic (exact) mass is 432 g/mol. The van der Waals surface area contributed by atoms with Crippen LogP contribution in [0.1, 0.15) is 41.6 Å². The van der Waals surface area contributed by atoms with Crippen molar-refractivity contribution >= 4 is 42.5 Å². The highest BCUT2D eigenvalue weighted by Gasteiger charge is 2.27. The fourth-order valence-electron chi connectivity index (χ4n) is 3.09. The average Bonchev–Trinajstić information content (AvgIpc) is 3.05. The van der Waals surface area contributed by atoms with Gasteiger partial charge in [0, 0.05) is 37.1 Å². The molecule has 2 aromatic rings. The van der Waals surface area contributed by atoms with Gasteiger partial charge in [0.15, 0.2) is 0 Å². The Morgan fingerprint density at radius 3 is 2.93 bits per heavy atom. The van der Waals surface area contributed by atoms with E-state index in [4.69, 9.17) is 10.3 Å². The van der Waals surface area contributed by atoms with Gasteiger partial charge in [0.25, 0.3) is 5.91 Å². The Bertz CT molecular complexity index is 742. The second kappa shape index (κ2) is 10.9. The van der Waals surface area contributed by atoms with Crippen LogP contribution in [0.4, 0.5) is 0 Å². The van der Waals surface area contributed by atoms with Gasteiger partial charge in [0.05, 0.1) is 11.3 Å². The Kier molecular flexibility index (Phi) is 9.59. The normalized spacial score (nSPS) is 17.6. The van der Waals surface area contributed by atoms with Gasteiger partial charge in [-0.05, 0) is 44.7 Å². The number of hydrogen-bond donors (Lipinski definition) is 1. The Labute approximate surface area is 176 Å². The summed E-state index contributed by atoms with van der Waals surface area (Å²) in [5.41, 5.74) is 7.54. The molecule has 1 saturated heterocycles. The molecule has 0 aliphatic carbocycles. The van der Waals surface area contributed by atoms with E-state index in [1.807, 2.05) is 36.9 Å². The third-order valence-corrected chi connectivity index (χ3v) is 5.56. The first-order valence-electron chi connectivity index (χ1n) is 8.59. The number of likely N-dealkylation sites (tertiary alicyclic amines) is 1. The summed E-state index contributed by atoms with van der Waals surface area (Å²) in [5, 5.41) is 4.72. The van der Waals surface area contributed by atoms with Gasteiger partial charge in [-0.25, -0.2) is 4.98 Å². The number of rotatable bonds is 5. The molecule has 6 nitrogen and oxygen atoms in total. The summed E-state index contributed by atoms with van der Waals surface area (Å²) in [6.45, 7) is 5.38. The third kappa shape index (κ3) is 6.10. The second-order valence-corrected chi connectivity index (χ2v) is 7.55. The molecular formula is C18H26Cl2N4O2S. The van der Waals surface area contributed by atoms with E-state index in [2.05, 4.69) is 10.1 Å². The van der Waals surface area contributed by atoms with Gasteiger partial charge in [-0.1, -0.05) is 16.9 Å². The van der Waals surface area contributed by atoms with Crippen molar-refractivity contribution in [3.05, 3.63) is 41.4 Å². The highest BCUT2D eigenvalue weighted by Crippen LogP contribution is 2.27. The number of carbonyl (C=O) groups is 1. The van der Waals surface area contributed by atoms with Crippen LogP contribution in [-0.4, -0.2) is 40.1 Å². The van der Waals surface area contributed by atoms with Crippen LogP contribution >= 0.6 is 36.6 Å². The highest BCUT2D eigenvalue weighted by molar-refractivity contribution is 7.98. The molecule has 1 aliphatic rings. The largest absolute Gasteiger partial charge is 0.361 e. The van der Waals surface area contributed by atoms with Crippen molar-refractivity contribution in [3.8, 4) is 0 Å². The van der Waals surface area contributed by atoms with Gasteiger partial charge in [0.2, 0.25) is 0 Å². The summed E-state index contributed by atoms with van der Waals surface area (Å²) in [7, 11) is 0. The van der Waals surface area contributed by atoms with E-state index in [1.165, 1.54) is 11.8 Å². The molecule has 0 spiro atoms. The van der Waals surface area contributed by atoms with Crippen LogP contribution in [-0.2, 0) is 5.75 Å². The number of aryl methyl sites for hydroxylation is 1. The zero-order valence-electron chi connectivity index (χ0n) is 15.5. The van der Waals surface area contributed by atoms with E-state index < -0.39 is 0 Å². The molecule has 150 valence electrons.